The Morgan fingerprint density at radius 2 is 1.96 bits per heavy atom. The maximum atomic E-state index is 14.0. The molecule has 5 rings (SSSR count). The van der Waals surface area contributed by atoms with Crippen molar-refractivity contribution >= 4 is 22.6 Å². The molecule has 1 saturated heterocycles. The van der Waals surface area contributed by atoms with Gasteiger partial charge in [-0.15, -0.1) is 0 Å². The molecule has 0 radical (unpaired) electrons. The zero-order chi connectivity index (χ0) is 19.3. The third-order valence-corrected chi connectivity index (χ3v) is 6.04. The number of benzene rings is 2. The van der Waals surface area contributed by atoms with E-state index in [1.807, 2.05) is 0 Å². The summed E-state index contributed by atoms with van der Waals surface area (Å²) in [5.41, 5.74) is 2.20. The van der Waals surface area contributed by atoms with Gasteiger partial charge in [-0.25, -0.2) is 13.8 Å². The SMILES string of the molecule is O=C(Nc1ccc2nc(-c3cc(F)ccc3F)[nH]c2c1)C1CC12CCNCC2. The number of nitrogens with zero attached hydrogens (tertiary/aromatic N) is 1. The average molecular weight is 382 g/mol. The molecule has 1 saturated carbocycles. The standard InChI is InChI=1S/C21H20F2N4O/c22-12-1-3-16(23)14(9-12)19-26-17-4-2-13(10-18(17)27-19)25-20(28)15-11-21(15)5-7-24-8-6-21/h1-4,9-10,15,24H,5-8,11H2,(H,25,28)(H,26,27). The summed E-state index contributed by atoms with van der Waals surface area (Å²) in [4.78, 5) is 20.0. The average Bonchev–Trinajstić information content (AvgIpc) is 3.20. The van der Waals surface area contributed by atoms with Crippen molar-refractivity contribution in [3.63, 3.8) is 0 Å². The molecule has 2 aromatic carbocycles. The molecule has 1 atom stereocenters. The van der Waals surface area contributed by atoms with Crippen LogP contribution >= 0.6 is 0 Å². The summed E-state index contributed by atoms with van der Waals surface area (Å²) in [5, 5.41) is 6.34. The highest BCUT2D eigenvalue weighted by Crippen LogP contribution is 2.58. The molecule has 144 valence electrons. The first-order valence-electron chi connectivity index (χ1n) is 9.51. The van der Waals surface area contributed by atoms with Crippen LogP contribution in [0.3, 0.4) is 0 Å². The zero-order valence-corrected chi connectivity index (χ0v) is 15.2. The Morgan fingerprint density at radius 3 is 2.79 bits per heavy atom. The van der Waals surface area contributed by atoms with E-state index in [9.17, 15) is 13.6 Å². The van der Waals surface area contributed by atoms with Crippen LogP contribution in [-0.4, -0.2) is 29.0 Å². The lowest BCUT2D eigenvalue weighted by molar-refractivity contribution is -0.118. The Bertz CT molecular complexity index is 1070. The minimum atomic E-state index is -0.546. The van der Waals surface area contributed by atoms with Crippen molar-refractivity contribution in [3.05, 3.63) is 48.0 Å². The molecular formula is C21H20F2N4O. The van der Waals surface area contributed by atoms with Crippen molar-refractivity contribution in [3.8, 4) is 11.4 Å². The van der Waals surface area contributed by atoms with E-state index in [1.54, 1.807) is 18.2 Å². The first-order valence-corrected chi connectivity index (χ1v) is 9.51. The monoisotopic (exact) mass is 382 g/mol. The summed E-state index contributed by atoms with van der Waals surface area (Å²) in [7, 11) is 0. The number of nitrogens with one attached hydrogen (secondary N) is 3. The van der Waals surface area contributed by atoms with E-state index in [2.05, 4.69) is 20.6 Å². The van der Waals surface area contributed by atoms with Crippen LogP contribution in [0.1, 0.15) is 19.3 Å². The van der Waals surface area contributed by atoms with E-state index < -0.39 is 11.6 Å². The molecule has 7 heteroatoms. The van der Waals surface area contributed by atoms with Crippen molar-refractivity contribution in [1.29, 1.82) is 0 Å². The molecule has 28 heavy (non-hydrogen) atoms. The Morgan fingerprint density at radius 1 is 1.14 bits per heavy atom. The first kappa shape index (κ1) is 17.3. The number of H-pyrrole nitrogens is 1. The number of anilines is 1. The fourth-order valence-corrected chi connectivity index (χ4v) is 4.32. The number of carbonyl (C=O) groups excluding carboxylic acids is 1. The number of hydrogen-bond donors (Lipinski definition) is 3. The molecule has 1 aromatic heterocycles. The molecule has 2 heterocycles. The van der Waals surface area contributed by atoms with E-state index in [0.717, 1.165) is 50.6 Å². The fourth-order valence-electron chi connectivity index (χ4n) is 4.32. The zero-order valence-electron chi connectivity index (χ0n) is 15.2. The van der Waals surface area contributed by atoms with Gasteiger partial charge in [-0.1, -0.05) is 0 Å². The summed E-state index contributed by atoms with van der Waals surface area (Å²) in [6.45, 7) is 1.95. The first-order chi connectivity index (χ1) is 13.5. The summed E-state index contributed by atoms with van der Waals surface area (Å²) in [6.07, 6.45) is 3.05. The second-order valence-electron chi connectivity index (χ2n) is 7.80. The van der Waals surface area contributed by atoms with Gasteiger partial charge in [-0.05, 0) is 74.2 Å². The van der Waals surface area contributed by atoms with Crippen LogP contribution in [0.25, 0.3) is 22.4 Å². The predicted octanol–water partition coefficient (Wildman–Crippen LogP) is 3.84. The van der Waals surface area contributed by atoms with Gasteiger partial charge in [0.25, 0.3) is 0 Å². The molecule has 2 aliphatic rings. The second-order valence-corrected chi connectivity index (χ2v) is 7.80. The van der Waals surface area contributed by atoms with Gasteiger partial charge >= 0.3 is 0 Å². The van der Waals surface area contributed by atoms with Crippen LogP contribution in [0.2, 0.25) is 0 Å². The lowest BCUT2D eigenvalue weighted by Gasteiger charge is -2.23. The van der Waals surface area contributed by atoms with Gasteiger partial charge in [-0.2, -0.15) is 0 Å². The number of hydrogen-bond acceptors (Lipinski definition) is 3. The van der Waals surface area contributed by atoms with Crippen LogP contribution < -0.4 is 10.6 Å². The maximum absolute atomic E-state index is 14.0. The van der Waals surface area contributed by atoms with E-state index >= 15 is 0 Å². The highest BCUT2D eigenvalue weighted by Gasteiger charge is 2.57. The number of halogens is 2. The molecule has 2 fully saturated rings. The second kappa shape index (κ2) is 6.38. The number of piperidine rings is 1. The van der Waals surface area contributed by atoms with Crippen LogP contribution in [0, 0.1) is 23.0 Å². The van der Waals surface area contributed by atoms with Gasteiger partial charge in [0, 0.05) is 11.6 Å². The Labute approximate surface area is 160 Å². The molecular weight excluding hydrogens is 362 g/mol. The molecule has 1 aliphatic carbocycles. The van der Waals surface area contributed by atoms with Crippen LogP contribution in [-0.2, 0) is 4.79 Å². The van der Waals surface area contributed by atoms with Gasteiger partial charge in [0.15, 0.2) is 0 Å². The number of imidazole rings is 1. The van der Waals surface area contributed by atoms with Crippen LogP contribution in [0.5, 0.6) is 0 Å². The van der Waals surface area contributed by atoms with Gasteiger partial charge < -0.3 is 15.6 Å². The summed E-state index contributed by atoms with van der Waals surface area (Å²) in [5.74, 6) is -0.691. The lowest BCUT2D eigenvalue weighted by Crippen LogP contribution is -2.31. The molecule has 1 spiro atoms. The lowest BCUT2D eigenvalue weighted by atomic mass is 9.92. The Hall–Kier alpha value is -2.80. The van der Waals surface area contributed by atoms with Crippen molar-refractivity contribution < 1.29 is 13.6 Å². The number of rotatable bonds is 3. The molecule has 1 aliphatic heterocycles. The number of aromatic nitrogens is 2. The predicted molar refractivity (Wildman–Crippen MR) is 103 cm³/mol. The summed E-state index contributed by atoms with van der Waals surface area (Å²) >= 11 is 0. The van der Waals surface area contributed by atoms with Crippen molar-refractivity contribution in [2.45, 2.75) is 19.3 Å². The van der Waals surface area contributed by atoms with E-state index in [-0.39, 0.29) is 28.6 Å². The summed E-state index contributed by atoms with van der Waals surface area (Å²) < 4.78 is 27.5. The largest absolute Gasteiger partial charge is 0.338 e. The van der Waals surface area contributed by atoms with E-state index in [0.29, 0.717) is 16.7 Å². The van der Waals surface area contributed by atoms with Gasteiger partial charge in [0.2, 0.25) is 5.91 Å². The minimum absolute atomic E-state index is 0.0529. The highest BCUT2D eigenvalue weighted by molar-refractivity contribution is 5.97. The van der Waals surface area contributed by atoms with Crippen molar-refractivity contribution in [2.75, 3.05) is 18.4 Å². The van der Waals surface area contributed by atoms with Gasteiger partial charge in [0.1, 0.15) is 17.5 Å². The smallest absolute Gasteiger partial charge is 0.228 e. The molecule has 5 nitrogen and oxygen atoms in total. The summed E-state index contributed by atoms with van der Waals surface area (Å²) in [6, 6.07) is 8.58. The Balaban J connectivity index is 1.37. The van der Waals surface area contributed by atoms with E-state index in [1.165, 1.54) is 0 Å². The number of carbonyl (C=O) groups is 1. The van der Waals surface area contributed by atoms with Gasteiger partial charge in [0.05, 0.1) is 16.6 Å². The molecule has 0 bridgehead atoms. The third kappa shape index (κ3) is 2.96. The molecule has 3 N–H and O–H groups in total. The van der Waals surface area contributed by atoms with Crippen molar-refractivity contribution in [2.24, 2.45) is 11.3 Å². The number of amides is 1. The number of fused-ring (bicyclic) bond motifs is 1. The third-order valence-electron chi connectivity index (χ3n) is 6.04. The van der Waals surface area contributed by atoms with Gasteiger partial charge in [-0.3, -0.25) is 4.79 Å². The number of aromatic amines is 1. The minimum Gasteiger partial charge on any atom is -0.338 e. The fraction of sp³-hybridized carbons (Fsp3) is 0.333. The quantitative estimate of drug-likeness (QED) is 0.645. The topological polar surface area (TPSA) is 69.8 Å². The molecule has 1 unspecified atom stereocenters. The van der Waals surface area contributed by atoms with Crippen LogP contribution in [0.15, 0.2) is 36.4 Å². The van der Waals surface area contributed by atoms with Crippen LogP contribution in [0.4, 0.5) is 14.5 Å². The Kier molecular flexibility index (Phi) is 3.94. The van der Waals surface area contributed by atoms with E-state index in [4.69, 9.17) is 0 Å². The normalized spacial score (nSPS) is 20.4. The molecule has 3 aromatic rings. The molecule has 1 amide bonds. The van der Waals surface area contributed by atoms with Crippen molar-refractivity contribution in [1.82, 2.24) is 15.3 Å². The highest BCUT2D eigenvalue weighted by atomic mass is 19.1. The maximum Gasteiger partial charge on any atom is 0.228 e.